The number of Topliss-reactive ketones (excluding diaryl/α,β-unsaturated/α-hetero) is 1. The number of benzene rings is 2. The van der Waals surface area contributed by atoms with Gasteiger partial charge in [-0.25, -0.2) is 0 Å². The first-order valence-electron chi connectivity index (χ1n) is 11.0. The smallest absolute Gasteiger partial charge is 0.167 e. The Kier molecular flexibility index (Phi) is 10.6. The van der Waals surface area contributed by atoms with Crippen LogP contribution >= 0.6 is 0 Å². The molecule has 0 fully saturated rings. The number of hydrogen-bond donors (Lipinski definition) is 2. The molecule has 0 saturated carbocycles. The molecule has 0 amide bonds. The largest absolute Gasteiger partial charge is 0.493 e. The average Bonchev–Trinajstić information content (AvgIpc) is 2.79. The maximum absolute atomic E-state index is 12.7. The molecule has 0 aliphatic rings. The fourth-order valence-electron chi connectivity index (χ4n) is 3.43. The van der Waals surface area contributed by atoms with Crippen LogP contribution < -0.4 is 10.1 Å². The summed E-state index contributed by atoms with van der Waals surface area (Å²) >= 11 is 0. The summed E-state index contributed by atoms with van der Waals surface area (Å²) in [7, 11) is 0. The quantitative estimate of drug-likeness (QED) is 0.362. The predicted molar refractivity (Wildman–Crippen MR) is 122 cm³/mol. The Bertz CT molecular complexity index is 747. The van der Waals surface area contributed by atoms with E-state index in [1.165, 1.54) is 0 Å². The van der Waals surface area contributed by atoms with Crippen molar-refractivity contribution in [2.24, 2.45) is 0 Å². The molecule has 2 aromatic rings. The van der Waals surface area contributed by atoms with Gasteiger partial charge in [-0.15, -0.1) is 0 Å². The topological polar surface area (TPSA) is 61.8 Å². The minimum absolute atomic E-state index is 0.0447. The fourth-order valence-corrected chi connectivity index (χ4v) is 3.43. The number of nitrogens with one attached hydrogen (secondary N) is 1. The average molecular weight is 413 g/mol. The molecule has 30 heavy (non-hydrogen) atoms. The molecule has 0 bridgehead atoms. The zero-order valence-electron chi connectivity index (χ0n) is 18.5. The van der Waals surface area contributed by atoms with Crippen LogP contribution in [0.5, 0.6) is 5.75 Å². The standard InChI is InChI=1S/C25H36N2O3/c1-4-27(5-2)18-11-19-30-24-15-10-9-14-22(24)23(28)16-17-26-20(3)25(29)21-12-7-6-8-13-21/h6-10,12-15,20,25-26,29H,4-5,11,16-19H2,1-3H3. The highest BCUT2D eigenvalue weighted by atomic mass is 16.5. The summed E-state index contributed by atoms with van der Waals surface area (Å²) in [5, 5.41) is 13.7. The number of nitrogens with zero attached hydrogens (tertiary/aromatic N) is 1. The van der Waals surface area contributed by atoms with E-state index in [4.69, 9.17) is 4.74 Å². The van der Waals surface area contributed by atoms with Crippen LogP contribution in [0.1, 0.15) is 55.6 Å². The maximum atomic E-state index is 12.7. The summed E-state index contributed by atoms with van der Waals surface area (Å²) < 4.78 is 5.91. The van der Waals surface area contributed by atoms with Gasteiger partial charge in [0, 0.05) is 25.6 Å². The van der Waals surface area contributed by atoms with Crippen molar-refractivity contribution in [3.63, 3.8) is 0 Å². The van der Waals surface area contributed by atoms with Crippen molar-refractivity contribution in [2.45, 2.75) is 45.8 Å². The van der Waals surface area contributed by atoms with Gasteiger partial charge in [-0.1, -0.05) is 56.3 Å². The molecule has 2 N–H and O–H groups in total. The van der Waals surface area contributed by atoms with Crippen LogP contribution in [0.15, 0.2) is 54.6 Å². The van der Waals surface area contributed by atoms with E-state index < -0.39 is 6.10 Å². The van der Waals surface area contributed by atoms with Crippen molar-refractivity contribution in [1.82, 2.24) is 10.2 Å². The van der Waals surface area contributed by atoms with E-state index in [1.807, 2.05) is 61.5 Å². The fraction of sp³-hybridized carbons (Fsp3) is 0.480. The van der Waals surface area contributed by atoms with Crippen LogP contribution in [-0.2, 0) is 0 Å². The summed E-state index contributed by atoms with van der Waals surface area (Å²) in [4.78, 5) is 15.1. The highest BCUT2D eigenvalue weighted by molar-refractivity contribution is 5.98. The monoisotopic (exact) mass is 412 g/mol. The van der Waals surface area contributed by atoms with E-state index in [0.717, 1.165) is 31.6 Å². The lowest BCUT2D eigenvalue weighted by Crippen LogP contribution is -2.33. The van der Waals surface area contributed by atoms with Crippen LogP contribution in [0, 0.1) is 0 Å². The van der Waals surface area contributed by atoms with Crippen molar-refractivity contribution in [1.29, 1.82) is 0 Å². The van der Waals surface area contributed by atoms with Gasteiger partial charge in [-0.2, -0.15) is 0 Å². The van der Waals surface area contributed by atoms with Crippen LogP contribution in [-0.4, -0.2) is 54.6 Å². The zero-order chi connectivity index (χ0) is 21.8. The molecule has 5 heteroatoms. The molecule has 2 atom stereocenters. The normalized spacial score (nSPS) is 13.2. The number of para-hydroxylation sites is 1. The zero-order valence-corrected chi connectivity index (χ0v) is 18.5. The number of carbonyl (C=O) groups is 1. The first-order valence-corrected chi connectivity index (χ1v) is 11.0. The van der Waals surface area contributed by atoms with E-state index in [1.54, 1.807) is 0 Å². The molecule has 2 unspecified atom stereocenters. The number of aliphatic hydroxyl groups is 1. The molecule has 0 aliphatic carbocycles. The molecule has 0 radical (unpaired) electrons. The third-order valence-corrected chi connectivity index (χ3v) is 5.39. The second-order valence-electron chi connectivity index (χ2n) is 7.50. The van der Waals surface area contributed by atoms with Gasteiger partial charge >= 0.3 is 0 Å². The van der Waals surface area contributed by atoms with Crippen LogP contribution in [0.3, 0.4) is 0 Å². The summed E-state index contributed by atoms with van der Waals surface area (Å²) in [5.41, 5.74) is 1.49. The van der Waals surface area contributed by atoms with Crippen molar-refractivity contribution in [2.75, 3.05) is 32.8 Å². The van der Waals surface area contributed by atoms with E-state index in [-0.39, 0.29) is 11.8 Å². The molecule has 0 spiro atoms. The summed E-state index contributed by atoms with van der Waals surface area (Å²) in [6.45, 7) is 10.4. The number of rotatable bonds is 14. The second-order valence-corrected chi connectivity index (χ2v) is 7.50. The number of ether oxygens (including phenoxy) is 1. The molecule has 2 rings (SSSR count). The first-order chi connectivity index (χ1) is 14.6. The number of carbonyl (C=O) groups excluding carboxylic acids is 1. The lowest BCUT2D eigenvalue weighted by Gasteiger charge is -2.20. The molecule has 164 valence electrons. The van der Waals surface area contributed by atoms with Crippen LogP contribution in [0.2, 0.25) is 0 Å². The minimum Gasteiger partial charge on any atom is -0.493 e. The Hall–Kier alpha value is -2.21. The predicted octanol–water partition coefficient (Wildman–Crippen LogP) is 4.08. The van der Waals surface area contributed by atoms with Crippen molar-refractivity contribution in [3.05, 3.63) is 65.7 Å². The lowest BCUT2D eigenvalue weighted by molar-refractivity contribution is 0.0968. The highest BCUT2D eigenvalue weighted by Crippen LogP contribution is 2.20. The van der Waals surface area contributed by atoms with Gasteiger partial charge in [-0.3, -0.25) is 4.79 Å². The SMILES string of the molecule is CCN(CC)CCCOc1ccccc1C(=O)CCNC(C)C(O)c1ccccc1. The number of aliphatic hydroxyl groups excluding tert-OH is 1. The van der Waals surface area contributed by atoms with Gasteiger partial charge in [0.2, 0.25) is 0 Å². The molecular weight excluding hydrogens is 376 g/mol. The Balaban J connectivity index is 1.81. The number of hydrogen-bond acceptors (Lipinski definition) is 5. The summed E-state index contributed by atoms with van der Waals surface area (Å²) in [6, 6.07) is 16.9. The van der Waals surface area contributed by atoms with Crippen molar-refractivity contribution < 1.29 is 14.6 Å². The molecule has 0 aromatic heterocycles. The minimum atomic E-state index is -0.609. The van der Waals surface area contributed by atoms with Gasteiger partial charge < -0.3 is 20.1 Å². The van der Waals surface area contributed by atoms with Crippen LogP contribution in [0.25, 0.3) is 0 Å². The molecular formula is C25H36N2O3. The van der Waals surface area contributed by atoms with E-state index in [9.17, 15) is 9.90 Å². The van der Waals surface area contributed by atoms with Gasteiger partial charge in [-0.05, 0) is 44.1 Å². The van der Waals surface area contributed by atoms with Crippen LogP contribution in [0.4, 0.5) is 0 Å². The molecule has 2 aromatic carbocycles. The lowest BCUT2D eigenvalue weighted by atomic mass is 10.0. The van der Waals surface area contributed by atoms with Gasteiger partial charge in [0.1, 0.15) is 5.75 Å². The van der Waals surface area contributed by atoms with E-state index >= 15 is 0 Å². The Morgan fingerprint density at radius 3 is 2.43 bits per heavy atom. The van der Waals surface area contributed by atoms with E-state index in [0.29, 0.717) is 30.9 Å². The number of ketones is 1. The Morgan fingerprint density at radius 1 is 1.07 bits per heavy atom. The molecule has 5 nitrogen and oxygen atoms in total. The van der Waals surface area contributed by atoms with Gasteiger partial charge in [0.15, 0.2) is 5.78 Å². The van der Waals surface area contributed by atoms with Crippen molar-refractivity contribution in [3.8, 4) is 5.75 Å². The first kappa shape index (κ1) is 24.1. The molecule has 0 aliphatic heterocycles. The summed E-state index contributed by atoms with van der Waals surface area (Å²) in [5.74, 6) is 0.697. The maximum Gasteiger partial charge on any atom is 0.167 e. The van der Waals surface area contributed by atoms with Gasteiger partial charge in [0.05, 0.1) is 18.3 Å². The molecule has 0 heterocycles. The third kappa shape index (κ3) is 7.56. The highest BCUT2D eigenvalue weighted by Gasteiger charge is 2.17. The molecule has 0 saturated heterocycles. The van der Waals surface area contributed by atoms with Crippen molar-refractivity contribution >= 4 is 5.78 Å². The van der Waals surface area contributed by atoms with Gasteiger partial charge in [0.25, 0.3) is 0 Å². The third-order valence-electron chi connectivity index (χ3n) is 5.39. The second kappa shape index (κ2) is 13.2. The Labute approximate surface area is 181 Å². The Morgan fingerprint density at radius 2 is 1.73 bits per heavy atom. The summed E-state index contributed by atoms with van der Waals surface area (Å²) in [6.07, 6.45) is 0.675. The van der Waals surface area contributed by atoms with E-state index in [2.05, 4.69) is 24.1 Å².